The van der Waals surface area contributed by atoms with Gasteiger partial charge in [-0.1, -0.05) is 12.1 Å². The monoisotopic (exact) mass is 356 g/mol. The Morgan fingerprint density at radius 3 is 2.50 bits per heavy atom. The molecule has 1 aromatic heterocycles. The smallest absolute Gasteiger partial charge is 0.325 e. The molecular formula is C18H17FN4O3. The van der Waals surface area contributed by atoms with Crippen molar-refractivity contribution in [2.75, 3.05) is 6.54 Å². The molecule has 8 heteroatoms. The molecule has 0 saturated carbocycles. The van der Waals surface area contributed by atoms with Crippen molar-refractivity contribution in [2.45, 2.75) is 19.0 Å². The van der Waals surface area contributed by atoms with Crippen molar-refractivity contribution in [1.29, 1.82) is 0 Å². The maximum absolute atomic E-state index is 13.1. The predicted molar refractivity (Wildman–Crippen MR) is 90.1 cm³/mol. The maximum atomic E-state index is 13.1. The van der Waals surface area contributed by atoms with E-state index in [4.69, 9.17) is 0 Å². The molecule has 7 nitrogen and oxygen atoms in total. The van der Waals surface area contributed by atoms with Gasteiger partial charge in [0.05, 0.1) is 0 Å². The molecule has 1 aliphatic heterocycles. The summed E-state index contributed by atoms with van der Waals surface area (Å²) < 4.78 is 13.1. The summed E-state index contributed by atoms with van der Waals surface area (Å²) in [5, 5.41) is 5.22. The molecule has 1 fully saturated rings. The van der Waals surface area contributed by atoms with Gasteiger partial charge in [-0.3, -0.25) is 19.5 Å². The fraction of sp³-hybridized carbons (Fsp3) is 0.222. The number of hydrogen-bond donors (Lipinski definition) is 2. The number of amides is 4. The molecule has 1 unspecified atom stereocenters. The Bertz CT molecular complexity index is 841. The van der Waals surface area contributed by atoms with Gasteiger partial charge in [-0.05, 0) is 42.3 Å². The van der Waals surface area contributed by atoms with Crippen molar-refractivity contribution in [2.24, 2.45) is 0 Å². The SMILES string of the molecule is CC1(c2ccc(F)cc2)NC(=O)N(CC(=O)NCc2ccncc2)C1=O. The highest BCUT2D eigenvalue weighted by Gasteiger charge is 2.49. The van der Waals surface area contributed by atoms with Crippen LogP contribution in [0.4, 0.5) is 9.18 Å². The van der Waals surface area contributed by atoms with E-state index in [2.05, 4.69) is 15.6 Å². The minimum Gasteiger partial charge on any atom is -0.350 e. The van der Waals surface area contributed by atoms with Crippen LogP contribution in [0.5, 0.6) is 0 Å². The van der Waals surface area contributed by atoms with Crippen LogP contribution in [0.2, 0.25) is 0 Å². The quantitative estimate of drug-likeness (QED) is 0.790. The number of pyridine rings is 1. The molecule has 0 radical (unpaired) electrons. The van der Waals surface area contributed by atoms with Gasteiger partial charge in [0.15, 0.2) is 0 Å². The van der Waals surface area contributed by atoms with Gasteiger partial charge in [-0.25, -0.2) is 9.18 Å². The Hall–Kier alpha value is -3.29. The lowest BCUT2D eigenvalue weighted by atomic mass is 9.92. The van der Waals surface area contributed by atoms with Gasteiger partial charge in [0, 0.05) is 18.9 Å². The van der Waals surface area contributed by atoms with E-state index in [0.717, 1.165) is 10.5 Å². The molecule has 4 amide bonds. The second kappa shape index (κ2) is 6.91. The van der Waals surface area contributed by atoms with E-state index < -0.39 is 35.7 Å². The molecule has 1 saturated heterocycles. The summed E-state index contributed by atoms with van der Waals surface area (Å²) in [4.78, 5) is 41.7. The van der Waals surface area contributed by atoms with Gasteiger partial charge < -0.3 is 10.6 Å². The zero-order valence-electron chi connectivity index (χ0n) is 14.0. The summed E-state index contributed by atoms with van der Waals surface area (Å²) in [5.74, 6) is -1.47. The van der Waals surface area contributed by atoms with Crippen LogP contribution in [0.15, 0.2) is 48.8 Å². The minimum absolute atomic E-state index is 0.264. The fourth-order valence-corrected chi connectivity index (χ4v) is 2.72. The maximum Gasteiger partial charge on any atom is 0.325 e. The fourth-order valence-electron chi connectivity index (χ4n) is 2.72. The first kappa shape index (κ1) is 17.5. The third-order valence-electron chi connectivity index (χ3n) is 4.24. The van der Waals surface area contributed by atoms with Gasteiger partial charge in [0.25, 0.3) is 5.91 Å². The third-order valence-corrected chi connectivity index (χ3v) is 4.24. The molecule has 0 bridgehead atoms. The molecule has 0 spiro atoms. The Balaban J connectivity index is 1.67. The second-order valence-electron chi connectivity index (χ2n) is 6.09. The Morgan fingerprint density at radius 2 is 1.85 bits per heavy atom. The van der Waals surface area contributed by atoms with E-state index in [9.17, 15) is 18.8 Å². The Kier molecular flexibility index (Phi) is 4.66. The Labute approximate surface area is 149 Å². The first-order chi connectivity index (χ1) is 12.4. The number of aromatic nitrogens is 1. The molecular weight excluding hydrogens is 339 g/mol. The molecule has 2 N–H and O–H groups in total. The van der Waals surface area contributed by atoms with E-state index in [-0.39, 0.29) is 6.54 Å². The summed E-state index contributed by atoms with van der Waals surface area (Å²) in [6, 6.07) is 8.12. The largest absolute Gasteiger partial charge is 0.350 e. The van der Waals surface area contributed by atoms with Crippen molar-refractivity contribution < 1.29 is 18.8 Å². The molecule has 26 heavy (non-hydrogen) atoms. The van der Waals surface area contributed by atoms with Gasteiger partial charge in [0.2, 0.25) is 5.91 Å². The summed E-state index contributed by atoms with van der Waals surface area (Å²) in [5.41, 5.74) is -0.0467. The number of halogens is 1. The van der Waals surface area contributed by atoms with Crippen LogP contribution < -0.4 is 10.6 Å². The molecule has 1 atom stereocenters. The van der Waals surface area contributed by atoms with Crippen LogP contribution in [0.1, 0.15) is 18.1 Å². The summed E-state index contributed by atoms with van der Waals surface area (Å²) >= 11 is 0. The average Bonchev–Trinajstić information content (AvgIpc) is 2.85. The van der Waals surface area contributed by atoms with Gasteiger partial charge in [-0.2, -0.15) is 0 Å². The number of hydrogen-bond acceptors (Lipinski definition) is 4. The number of rotatable bonds is 5. The number of carbonyl (C=O) groups excluding carboxylic acids is 3. The van der Waals surface area contributed by atoms with Crippen LogP contribution in [0, 0.1) is 5.82 Å². The highest BCUT2D eigenvalue weighted by Crippen LogP contribution is 2.28. The van der Waals surface area contributed by atoms with Crippen molar-refractivity contribution in [3.63, 3.8) is 0 Å². The summed E-state index contributed by atoms with van der Waals surface area (Å²) in [7, 11) is 0. The lowest BCUT2D eigenvalue weighted by Gasteiger charge is -2.22. The lowest BCUT2D eigenvalue weighted by molar-refractivity contribution is -0.134. The third kappa shape index (κ3) is 3.39. The van der Waals surface area contributed by atoms with Crippen LogP contribution in [-0.2, 0) is 21.7 Å². The highest BCUT2D eigenvalue weighted by molar-refractivity contribution is 6.09. The summed E-state index contributed by atoms with van der Waals surface area (Å²) in [6.45, 7) is 1.39. The number of carbonyl (C=O) groups is 3. The number of nitrogens with zero attached hydrogens (tertiary/aromatic N) is 2. The van der Waals surface area contributed by atoms with E-state index >= 15 is 0 Å². The standard InChI is InChI=1S/C18H17FN4O3/c1-18(13-2-4-14(19)5-3-13)16(25)23(17(26)22-18)11-15(24)21-10-12-6-8-20-9-7-12/h2-9H,10-11H2,1H3,(H,21,24)(H,22,26). The van der Waals surface area contributed by atoms with Crippen LogP contribution in [-0.4, -0.2) is 34.3 Å². The molecule has 2 aromatic rings. The molecule has 1 aliphatic rings. The van der Waals surface area contributed by atoms with E-state index in [0.29, 0.717) is 5.56 Å². The molecule has 1 aromatic carbocycles. The molecule has 134 valence electrons. The van der Waals surface area contributed by atoms with Crippen molar-refractivity contribution in [1.82, 2.24) is 20.5 Å². The topological polar surface area (TPSA) is 91.4 Å². The van der Waals surface area contributed by atoms with Crippen LogP contribution in [0.3, 0.4) is 0 Å². The summed E-state index contributed by atoms with van der Waals surface area (Å²) in [6.07, 6.45) is 3.21. The lowest BCUT2D eigenvalue weighted by Crippen LogP contribution is -2.43. The van der Waals surface area contributed by atoms with Gasteiger partial charge in [-0.15, -0.1) is 0 Å². The normalized spacial score (nSPS) is 19.4. The molecule has 3 rings (SSSR count). The molecule has 2 heterocycles. The van der Waals surface area contributed by atoms with E-state index in [1.54, 1.807) is 24.5 Å². The average molecular weight is 356 g/mol. The van der Waals surface area contributed by atoms with E-state index in [1.807, 2.05) is 0 Å². The van der Waals surface area contributed by atoms with Crippen molar-refractivity contribution >= 4 is 17.8 Å². The van der Waals surface area contributed by atoms with Crippen LogP contribution in [0.25, 0.3) is 0 Å². The minimum atomic E-state index is -1.34. The van der Waals surface area contributed by atoms with Gasteiger partial charge in [0.1, 0.15) is 17.9 Å². The van der Waals surface area contributed by atoms with E-state index in [1.165, 1.54) is 31.2 Å². The van der Waals surface area contributed by atoms with Crippen LogP contribution >= 0.6 is 0 Å². The second-order valence-corrected chi connectivity index (χ2v) is 6.09. The highest BCUT2D eigenvalue weighted by atomic mass is 19.1. The predicted octanol–water partition coefficient (Wildman–Crippen LogP) is 1.30. The molecule has 0 aliphatic carbocycles. The van der Waals surface area contributed by atoms with Crippen molar-refractivity contribution in [3.05, 3.63) is 65.7 Å². The number of urea groups is 1. The number of imide groups is 1. The first-order valence-corrected chi connectivity index (χ1v) is 7.96. The Morgan fingerprint density at radius 1 is 1.19 bits per heavy atom. The first-order valence-electron chi connectivity index (χ1n) is 7.96. The van der Waals surface area contributed by atoms with Crippen molar-refractivity contribution in [3.8, 4) is 0 Å². The van der Waals surface area contributed by atoms with Gasteiger partial charge >= 0.3 is 6.03 Å². The number of nitrogens with one attached hydrogen (secondary N) is 2. The number of benzene rings is 1. The zero-order chi connectivity index (χ0) is 18.7. The zero-order valence-corrected chi connectivity index (χ0v) is 14.0.